The summed E-state index contributed by atoms with van der Waals surface area (Å²) in [5.41, 5.74) is 0. The fourth-order valence-corrected chi connectivity index (χ4v) is 2.06. The summed E-state index contributed by atoms with van der Waals surface area (Å²) >= 11 is 0. The molecule has 0 bridgehead atoms. The van der Waals surface area contributed by atoms with Crippen molar-refractivity contribution in [2.24, 2.45) is 0 Å². The van der Waals surface area contributed by atoms with Crippen LogP contribution in [0.25, 0.3) is 0 Å². The predicted octanol–water partition coefficient (Wildman–Crippen LogP) is 0.763. The molecule has 2 fully saturated rings. The van der Waals surface area contributed by atoms with E-state index in [1.807, 2.05) is 0 Å². The molecule has 2 atom stereocenters. The highest BCUT2D eigenvalue weighted by Gasteiger charge is 2.30. The zero-order valence-electron chi connectivity index (χ0n) is 7.20. The Morgan fingerprint density at radius 1 is 1.42 bits per heavy atom. The van der Waals surface area contributed by atoms with Crippen LogP contribution in [0.4, 0.5) is 0 Å². The van der Waals surface area contributed by atoms with Crippen molar-refractivity contribution in [3.05, 3.63) is 0 Å². The van der Waals surface area contributed by atoms with Gasteiger partial charge in [0.1, 0.15) is 0 Å². The van der Waals surface area contributed by atoms with Gasteiger partial charge >= 0.3 is 0 Å². The number of piperidine rings is 1. The van der Waals surface area contributed by atoms with E-state index in [1.165, 1.54) is 19.3 Å². The van der Waals surface area contributed by atoms with Crippen molar-refractivity contribution in [1.29, 1.82) is 5.26 Å². The van der Waals surface area contributed by atoms with Gasteiger partial charge < -0.3 is 4.74 Å². The summed E-state index contributed by atoms with van der Waals surface area (Å²) in [7, 11) is 0. The summed E-state index contributed by atoms with van der Waals surface area (Å²) in [5, 5.41) is 8.68. The van der Waals surface area contributed by atoms with E-state index in [9.17, 15) is 0 Å². The summed E-state index contributed by atoms with van der Waals surface area (Å²) in [6.07, 6.45) is 3.67. The second-order valence-electron chi connectivity index (χ2n) is 3.60. The van der Waals surface area contributed by atoms with E-state index in [-0.39, 0.29) is 6.10 Å². The second kappa shape index (κ2) is 3.42. The van der Waals surface area contributed by atoms with Gasteiger partial charge in [-0.15, -0.1) is 0 Å². The topological polar surface area (TPSA) is 36.3 Å². The molecule has 0 saturated carbocycles. The van der Waals surface area contributed by atoms with Crippen LogP contribution >= 0.6 is 0 Å². The lowest BCUT2D eigenvalue weighted by Gasteiger charge is -2.40. The molecule has 3 heteroatoms. The quantitative estimate of drug-likeness (QED) is 0.533. The summed E-state index contributed by atoms with van der Waals surface area (Å²) in [4.78, 5) is 2.40. The van der Waals surface area contributed by atoms with Gasteiger partial charge in [0.2, 0.25) is 0 Å². The third kappa shape index (κ3) is 1.45. The SMILES string of the molecule is N#C[C@H]1CN2CCCCC2CO1. The van der Waals surface area contributed by atoms with E-state index in [0.29, 0.717) is 6.04 Å². The van der Waals surface area contributed by atoms with Crippen LogP contribution in [0.5, 0.6) is 0 Å². The van der Waals surface area contributed by atoms with Gasteiger partial charge in [0.15, 0.2) is 6.10 Å². The van der Waals surface area contributed by atoms with Crippen LogP contribution in [0.3, 0.4) is 0 Å². The van der Waals surface area contributed by atoms with E-state index in [0.717, 1.165) is 19.7 Å². The van der Waals surface area contributed by atoms with Crippen molar-refractivity contribution in [2.75, 3.05) is 19.7 Å². The highest BCUT2D eigenvalue weighted by atomic mass is 16.5. The molecule has 2 aliphatic heterocycles. The van der Waals surface area contributed by atoms with Crippen LogP contribution in [0, 0.1) is 11.3 Å². The molecule has 0 amide bonds. The lowest BCUT2D eigenvalue weighted by atomic mass is 10.0. The Kier molecular flexibility index (Phi) is 2.29. The average Bonchev–Trinajstić information content (AvgIpc) is 2.17. The van der Waals surface area contributed by atoms with Gasteiger partial charge in [0, 0.05) is 12.6 Å². The number of hydrogen-bond donors (Lipinski definition) is 0. The van der Waals surface area contributed by atoms with E-state index < -0.39 is 0 Å². The van der Waals surface area contributed by atoms with Gasteiger partial charge in [-0.3, -0.25) is 4.90 Å². The zero-order valence-corrected chi connectivity index (χ0v) is 7.20. The molecule has 12 heavy (non-hydrogen) atoms. The summed E-state index contributed by atoms with van der Waals surface area (Å²) < 4.78 is 5.39. The summed E-state index contributed by atoms with van der Waals surface area (Å²) in [6.45, 7) is 2.74. The first kappa shape index (κ1) is 8.03. The number of nitrogens with zero attached hydrogens (tertiary/aromatic N) is 2. The fourth-order valence-electron chi connectivity index (χ4n) is 2.06. The van der Waals surface area contributed by atoms with Gasteiger partial charge in [-0.05, 0) is 19.4 Å². The maximum Gasteiger partial charge on any atom is 0.156 e. The van der Waals surface area contributed by atoms with E-state index in [4.69, 9.17) is 10.00 Å². The molecule has 1 unspecified atom stereocenters. The van der Waals surface area contributed by atoms with Gasteiger partial charge in [-0.25, -0.2) is 0 Å². The Labute approximate surface area is 72.9 Å². The number of ether oxygens (including phenoxy) is 1. The molecule has 0 aliphatic carbocycles. The van der Waals surface area contributed by atoms with E-state index >= 15 is 0 Å². The highest BCUT2D eigenvalue weighted by Crippen LogP contribution is 2.21. The van der Waals surface area contributed by atoms with Crippen LogP contribution in [-0.2, 0) is 4.74 Å². The van der Waals surface area contributed by atoms with Gasteiger partial charge in [-0.1, -0.05) is 6.42 Å². The molecule has 2 heterocycles. The first-order valence-electron chi connectivity index (χ1n) is 4.65. The maximum atomic E-state index is 8.68. The number of rotatable bonds is 0. The van der Waals surface area contributed by atoms with Crippen molar-refractivity contribution in [3.8, 4) is 6.07 Å². The maximum absolute atomic E-state index is 8.68. The minimum Gasteiger partial charge on any atom is -0.360 e. The number of morpholine rings is 1. The van der Waals surface area contributed by atoms with Gasteiger partial charge in [0.05, 0.1) is 12.7 Å². The zero-order chi connectivity index (χ0) is 8.39. The molecule has 0 radical (unpaired) electrons. The Morgan fingerprint density at radius 2 is 2.33 bits per heavy atom. The minimum atomic E-state index is -0.181. The number of nitriles is 1. The normalized spacial score (nSPS) is 36.9. The van der Waals surface area contributed by atoms with Crippen LogP contribution in [-0.4, -0.2) is 36.7 Å². The van der Waals surface area contributed by atoms with Crippen LogP contribution in [0.15, 0.2) is 0 Å². The molecule has 0 aromatic heterocycles. The molecular formula is C9H14N2O. The number of hydrogen-bond acceptors (Lipinski definition) is 3. The lowest BCUT2D eigenvalue weighted by Crippen LogP contribution is -2.51. The molecule has 66 valence electrons. The van der Waals surface area contributed by atoms with Crippen molar-refractivity contribution in [3.63, 3.8) is 0 Å². The van der Waals surface area contributed by atoms with E-state index in [1.54, 1.807) is 0 Å². The van der Waals surface area contributed by atoms with Gasteiger partial charge in [-0.2, -0.15) is 5.26 Å². The first-order valence-corrected chi connectivity index (χ1v) is 4.65. The Balaban J connectivity index is 1.95. The number of fused-ring (bicyclic) bond motifs is 1. The summed E-state index contributed by atoms with van der Waals surface area (Å²) in [5.74, 6) is 0. The Hall–Kier alpha value is -0.590. The van der Waals surface area contributed by atoms with Crippen molar-refractivity contribution in [2.45, 2.75) is 31.4 Å². The molecule has 2 saturated heterocycles. The minimum absolute atomic E-state index is 0.181. The van der Waals surface area contributed by atoms with Crippen LogP contribution in [0.2, 0.25) is 0 Å². The second-order valence-corrected chi connectivity index (χ2v) is 3.60. The highest BCUT2D eigenvalue weighted by molar-refractivity contribution is 4.93. The monoisotopic (exact) mass is 166 g/mol. The van der Waals surface area contributed by atoms with Crippen LogP contribution < -0.4 is 0 Å². The van der Waals surface area contributed by atoms with Gasteiger partial charge in [0.25, 0.3) is 0 Å². The van der Waals surface area contributed by atoms with E-state index in [2.05, 4.69) is 11.0 Å². The smallest absolute Gasteiger partial charge is 0.156 e. The molecular weight excluding hydrogens is 152 g/mol. The van der Waals surface area contributed by atoms with Crippen molar-refractivity contribution in [1.82, 2.24) is 4.90 Å². The average molecular weight is 166 g/mol. The fraction of sp³-hybridized carbons (Fsp3) is 0.889. The molecule has 0 N–H and O–H groups in total. The van der Waals surface area contributed by atoms with Crippen molar-refractivity contribution < 1.29 is 4.74 Å². The lowest BCUT2D eigenvalue weighted by molar-refractivity contribution is -0.0521. The Bertz CT molecular complexity index is 199. The first-order chi connectivity index (χ1) is 5.90. The van der Waals surface area contributed by atoms with Crippen molar-refractivity contribution >= 4 is 0 Å². The third-order valence-electron chi connectivity index (χ3n) is 2.78. The molecule has 2 rings (SSSR count). The summed E-state index contributed by atoms with van der Waals surface area (Å²) in [6, 6.07) is 2.77. The molecule has 0 aromatic rings. The Morgan fingerprint density at radius 3 is 3.17 bits per heavy atom. The largest absolute Gasteiger partial charge is 0.360 e. The molecule has 0 aromatic carbocycles. The molecule has 3 nitrogen and oxygen atoms in total. The predicted molar refractivity (Wildman–Crippen MR) is 44.6 cm³/mol. The standard InChI is InChI=1S/C9H14N2O/c10-5-9-6-11-4-2-1-3-8(11)7-12-9/h8-9H,1-4,6-7H2/t8?,9-/m0/s1. The third-order valence-corrected chi connectivity index (χ3v) is 2.78. The van der Waals surface area contributed by atoms with Crippen LogP contribution in [0.1, 0.15) is 19.3 Å². The molecule has 2 aliphatic rings. The molecule has 0 spiro atoms.